The molecule has 0 N–H and O–H groups in total. The van der Waals surface area contributed by atoms with Crippen molar-refractivity contribution in [3.05, 3.63) is 71.8 Å². The number of carbonyl (C=O) groups excluding carboxylic acids is 4. The Morgan fingerprint density at radius 3 is 1.28 bits per heavy atom. The Labute approximate surface area is 186 Å². The summed E-state index contributed by atoms with van der Waals surface area (Å²) < 4.78 is 20.8. The summed E-state index contributed by atoms with van der Waals surface area (Å²) in [6.07, 6.45) is -2.68. The molecule has 0 unspecified atom stereocenters. The third kappa shape index (κ3) is 7.23. The Hall–Kier alpha value is -3.68. The summed E-state index contributed by atoms with van der Waals surface area (Å²) in [5, 5.41) is 0. The smallest absolute Gasteiger partial charge is 0.352 e. The molecule has 0 amide bonds. The van der Waals surface area contributed by atoms with Gasteiger partial charge in [0, 0.05) is 0 Å². The number of hydrogen-bond donors (Lipinski definition) is 0. The van der Waals surface area contributed by atoms with Gasteiger partial charge in [0.1, 0.15) is 0 Å². The van der Waals surface area contributed by atoms with E-state index in [9.17, 15) is 19.2 Å². The van der Waals surface area contributed by atoms with E-state index in [4.69, 9.17) is 18.9 Å². The van der Waals surface area contributed by atoms with Gasteiger partial charge >= 0.3 is 23.9 Å². The summed E-state index contributed by atoms with van der Waals surface area (Å²) in [6, 6.07) is 15.8. The highest BCUT2D eigenvalue weighted by Gasteiger charge is 2.43. The van der Waals surface area contributed by atoms with Gasteiger partial charge in [-0.1, -0.05) is 50.2 Å². The van der Waals surface area contributed by atoms with Gasteiger partial charge in [-0.3, -0.25) is 0 Å². The Kier molecular flexibility index (Phi) is 9.90. The van der Waals surface area contributed by atoms with E-state index < -0.39 is 36.1 Å². The number of ether oxygens (including phenoxy) is 4. The van der Waals surface area contributed by atoms with E-state index in [-0.39, 0.29) is 24.3 Å². The highest BCUT2D eigenvalue weighted by molar-refractivity contribution is 5.95. The molecule has 0 bridgehead atoms. The lowest BCUT2D eigenvalue weighted by atomic mass is 10.1. The lowest BCUT2D eigenvalue weighted by molar-refractivity contribution is -0.174. The molecule has 0 aliphatic carbocycles. The highest BCUT2D eigenvalue weighted by Crippen LogP contribution is 2.16. The Morgan fingerprint density at radius 2 is 0.969 bits per heavy atom. The van der Waals surface area contributed by atoms with Crippen molar-refractivity contribution in [3.63, 3.8) is 0 Å². The van der Waals surface area contributed by atoms with Gasteiger partial charge in [-0.25, -0.2) is 19.2 Å². The molecule has 0 radical (unpaired) electrons. The van der Waals surface area contributed by atoms with Crippen molar-refractivity contribution < 1.29 is 38.1 Å². The maximum atomic E-state index is 12.7. The number of carbonyl (C=O) groups is 4. The Bertz CT molecular complexity index is 819. The largest absolute Gasteiger partial charge is 0.463 e. The van der Waals surface area contributed by atoms with E-state index in [0.717, 1.165) is 0 Å². The van der Waals surface area contributed by atoms with Crippen molar-refractivity contribution in [3.8, 4) is 0 Å². The lowest BCUT2D eigenvalue weighted by Gasteiger charge is -2.24. The molecule has 0 saturated heterocycles. The SMILES string of the molecule is CCCOC(=O)[C@H](OC(=O)c1ccccc1)[C@@H](OC(=O)c1ccccc1)C(=O)OCCC. The van der Waals surface area contributed by atoms with Crippen molar-refractivity contribution in [1.29, 1.82) is 0 Å². The second-order valence-corrected chi connectivity index (χ2v) is 6.72. The first-order chi connectivity index (χ1) is 15.5. The molecule has 0 aliphatic heterocycles. The third-order valence-electron chi connectivity index (χ3n) is 4.12. The van der Waals surface area contributed by atoms with Crippen molar-refractivity contribution in [1.82, 2.24) is 0 Å². The van der Waals surface area contributed by atoms with Crippen LogP contribution < -0.4 is 0 Å². The van der Waals surface area contributed by atoms with Crippen LogP contribution in [0.4, 0.5) is 0 Å². The minimum Gasteiger partial charge on any atom is -0.463 e. The van der Waals surface area contributed by atoms with Gasteiger partial charge in [-0.2, -0.15) is 0 Å². The molecule has 0 spiro atoms. The zero-order valence-corrected chi connectivity index (χ0v) is 18.0. The first-order valence-electron chi connectivity index (χ1n) is 10.3. The number of esters is 4. The van der Waals surface area contributed by atoms with Crippen molar-refractivity contribution in [2.75, 3.05) is 13.2 Å². The highest BCUT2D eigenvalue weighted by atomic mass is 16.6. The van der Waals surface area contributed by atoms with E-state index in [1.807, 2.05) is 0 Å². The zero-order chi connectivity index (χ0) is 23.3. The predicted octanol–water partition coefficient (Wildman–Crippen LogP) is 3.34. The van der Waals surface area contributed by atoms with E-state index in [2.05, 4.69) is 0 Å². The topological polar surface area (TPSA) is 105 Å². The van der Waals surface area contributed by atoms with Crippen LogP contribution in [0.25, 0.3) is 0 Å². The summed E-state index contributed by atoms with van der Waals surface area (Å²) in [7, 11) is 0. The molecule has 2 atom stereocenters. The van der Waals surface area contributed by atoms with Crippen LogP contribution in [-0.2, 0) is 28.5 Å². The van der Waals surface area contributed by atoms with Crippen LogP contribution >= 0.6 is 0 Å². The predicted molar refractivity (Wildman–Crippen MR) is 114 cm³/mol. The second kappa shape index (κ2) is 12.9. The monoisotopic (exact) mass is 442 g/mol. The minimum atomic E-state index is -1.84. The van der Waals surface area contributed by atoms with Crippen LogP contribution in [0, 0.1) is 0 Å². The molecule has 170 valence electrons. The minimum absolute atomic E-state index is 0.0293. The molecule has 0 fully saturated rings. The molecule has 0 heterocycles. The lowest BCUT2D eigenvalue weighted by Crippen LogP contribution is -2.47. The number of benzene rings is 2. The first-order valence-corrected chi connectivity index (χ1v) is 10.3. The quantitative estimate of drug-likeness (QED) is 0.385. The molecule has 0 aromatic heterocycles. The molecule has 0 saturated carbocycles. The molecular weight excluding hydrogens is 416 g/mol. The van der Waals surface area contributed by atoms with Gasteiger partial charge in [0.25, 0.3) is 0 Å². The fourth-order valence-electron chi connectivity index (χ4n) is 2.55. The fraction of sp³-hybridized carbons (Fsp3) is 0.333. The molecule has 32 heavy (non-hydrogen) atoms. The van der Waals surface area contributed by atoms with Gasteiger partial charge < -0.3 is 18.9 Å². The number of rotatable bonds is 11. The molecule has 2 aromatic carbocycles. The second-order valence-electron chi connectivity index (χ2n) is 6.72. The number of hydrogen-bond acceptors (Lipinski definition) is 8. The molecule has 2 aromatic rings. The third-order valence-corrected chi connectivity index (χ3v) is 4.12. The van der Waals surface area contributed by atoms with Gasteiger partial charge in [-0.05, 0) is 37.1 Å². The van der Waals surface area contributed by atoms with Crippen molar-refractivity contribution >= 4 is 23.9 Å². The summed E-state index contributed by atoms with van der Waals surface area (Å²) >= 11 is 0. The normalized spacial score (nSPS) is 12.2. The van der Waals surface area contributed by atoms with Crippen LogP contribution in [0.15, 0.2) is 60.7 Å². The van der Waals surface area contributed by atoms with Crippen LogP contribution in [0.1, 0.15) is 47.4 Å². The summed E-state index contributed by atoms with van der Waals surface area (Å²) in [6.45, 7) is 3.62. The first kappa shape index (κ1) is 24.6. The maximum Gasteiger partial charge on any atom is 0.352 e. The fourth-order valence-corrected chi connectivity index (χ4v) is 2.55. The van der Waals surface area contributed by atoms with Crippen LogP contribution in [0.2, 0.25) is 0 Å². The average Bonchev–Trinajstić information content (AvgIpc) is 2.83. The molecular formula is C24H26O8. The Morgan fingerprint density at radius 1 is 0.625 bits per heavy atom. The average molecular weight is 442 g/mol. The Balaban J connectivity index is 2.34. The summed E-state index contributed by atoms with van der Waals surface area (Å²) in [5.74, 6) is -3.80. The van der Waals surface area contributed by atoms with Gasteiger partial charge in [0.05, 0.1) is 24.3 Å². The van der Waals surface area contributed by atoms with Crippen LogP contribution in [0.5, 0.6) is 0 Å². The van der Waals surface area contributed by atoms with Crippen LogP contribution in [-0.4, -0.2) is 49.3 Å². The van der Waals surface area contributed by atoms with Gasteiger partial charge in [0.2, 0.25) is 12.2 Å². The summed E-state index contributed by atoms with van der Waals surface area (Å²) in [5.41, 5.74) is 0.298. The van der Waals surface area contributed by atoms with Gasteiger partial charge in [0.15, 0.2) is 0 Å². The molecule has 2 rings (SSSR count). The van der Waals surface area contributed by atoms with E-state index >= 15 is 0 Å². The van der Waals surface area contributed by atoms with Crippen molar-refractivity contribution in [2.45, 2.75) is 38.9 Å². The zero-order valence-electron chi connectivity index (χ0n) is 18.0. The standard InChI is InChI=1S/C24H26O8/c1-3-15-29-23(27)19(31-21(25)17-11-7-5-8-12-17)20(24(28)30-16-4-2)32-22(26)18-13-9-6-10-14-18/h5-14,19-20H,3-4,15-16H2,1-2H3/t19-,20-/m1/s1. The van der Waals surface area contributed by atoms with E-state index in [0.29, 0.717) is 12.8 Å². The van der Waals surface area contributed by atoms with Gasteiger partial charge in [-0.15, -0.1) is 0 Å². The molecule has 8 nitrogen and oxygen atoms in total. The molecule has 8 heteroatoms. The summed E-state index contributed by atoms with van der Waals surface area (Å²) in [4.78, 5) is 50.6. The van der Waals surface area contributed by atoms with Crippen molar-refractivity contribution in [2.24, 2.45) is 0 Å². The van der Waals surface area contributed by atoms with E-state index in [1.165, 1.54) is 24.3 Å². The molecule has 0 aliphatic rings. The van der Waals surface area contributed by atoms with Crippen LogP contribution in [0.3, 0.4) is 0 Å². The van der Waals surface area contributed by atoms with E-state index in [1.54, 1.807) is 50.2 Å². The maximum absolute atomic E-state index is 12.7.